The Morgan fingerprint density at radius 1 is 1.38 bits per heavy atom. The normalized spacial score (nSPS) is 19.9. The SMILES string of the molecule is CC(C)C1CN(CC(=O)O)C(=O)CN1C(=O)OC(C)(C)C. The first kappa shape index (κ1) is 17.3. The molecule has 1 aliphatic rings. The van der Waals surface area contributed by atoms with E-state index < -0.39 is 17.7 Å². The summed E-state index contributed by atoms with van der Waals surface area (Å²) in [5, 5.41) is 8.84. The number of amides is 2. The van der Waals surface area contributed by atoms with Gasteiger partial charge in [-0.2, -0.15) is 0 Å². The maximum Gasteiger partial charge on any atom is 0.411 e. The van der Waals surface area contributed by atoms with E-state index in [4.69, 9.17) is 9.84 Å². The van der Waals surface area contributed by atoms with Gasteiger partial charge in [-0.05, 0) is 26.7 Å². The van der Waals surface area contributed by atoms with Crippen molar-refractivity contribution in [2.75, 3.05) is 19.6 Å². The fraction of sp³-hybridized carbons (Fsp3) is 0.786. The van der Waals surface area contributed by atoms with Crippen molar-refractivity contribution >= 4 is 18.0 Å². The highest BCUT2D eigenvalue weighted by Crippen LogP contribution is 2.21. The first-order chi connectivity index (χ1) is 9.51. The van der Waals surface area contributed by atoms with Gasteiger partial charge >= 0.3 is 12.1 Å². The zero-order valence-corrected chi connectivity index (χ0v) is 13.3. The van der Waals surface area contributed by atoms with E-state index in [1.54, 1.807) is 20.8 Å². The molecular formula is C14H24N2O5. The zero-order valence-electron chi connectivity index (χ0n) is 13.3. The Hall–Kier alpha value is -1.79. The highest BCUT2D eigenvalue weighted by atomic mass is 16.6. The molecule has 120 valence electrons. The number of nitrogens with zero attached hydrogens (tertiary/aromatic N) is 2. The molecule has 1 aliphatic heterocycles. The second-order valence-electron chi connectivity index (χ2n) is 6.59. The molecule has 1 fully saturated rings. The van der Waals surface area contributed by atoms with E-state index in [2.05, 4.69) is 0 Å². The molecule has 0 aromatic rings. The monoisotopic (exact) mass is 300 g/mol. The van der Waals surface area contributed by atoms with Gasteiger partial charge in [0.15, 0.2) is 0 Å². The Labute approximate surface area is 124 Å². The maximum atomic E-state index is 12.2. The van der Waals surface area contributed by atoms with Gasteiger partial charge in [-0.1, -0.05) is 13.8 Å². The summed E-state index contributed by atoms with van der Waals surface area (Å²) in [5.74, 6) is -1.35. The van der Waals surface area contributed by atoms with Crippen molar-refractivity contribution in [3.05, 3.63) is 0 Å². The Morgan fingerprint density at radius 3 is 2.38 bits per heavy atom. The van der Waals surface area contributed by atoms with Crippen LogP contribution in [-0.4, -0.2) is 64.2 Å². The van der Waals surface area contributed by atoms with Gasteiger partial charge < -0.3 is 14.7 Å². The van der Waals surface area contributed by atoms with E-state index >= 15 is 0 Å². The van der Waals surface area contributed by atoms with Crippen molar-refractivity contribution in [3.8, 4) is 0 Å². The standard InChI is InChI=1S/C14H24N2O5/c1-9(2)10-6-15(8-12(18)19)11(17)7-16(10)13(20)21-14(3,4)5/h9-10H,6-8H2,1-5H3,(H,18,19). The molecule has 1 unspecified atom stereocenters. The molecule has 1 heterocycles. The molecule has 0 aromatic carbocycles. The second kappa shape index (κ2) is 6.32. The van der Waals surface area contributed by atoms with Crippen LogP contribution in [0.15, 0.2) is 0 Å². The van der Waals surface area contributed by atoms with Crippen LogP contribution in [-0.2, 0) is 14.3 Å². The van der Waals surface area contributed by atoms with Gasteiger partial charge in [0.05, 0.1) is 6.04 Å². The van der Waals surface area contributed by atoms with Crippen molar-refractivity contribution in [2.45, 2.75) is 46.3 Å². The lowest BCUT2D eigenvalue weighted by molar-refractivity contribution is -0.148. The van der Waals surface area contributed by atoms with Crippen LogP contribution < -0.4 is 0 Å². The molecule has 1 saturated heterocycles. The quantitative estimate of drug-likeness (QED) is 0.845. The van der Waals surface area contributed by atoms with E-state index in [1.165, 1.54) is 9.80 Å². The number of piperazine rings is 1. The Kier molecular flexibility index (Phi) is 5.20. The maximum absolute atomic E-state index is 12.2. The van der Waals surface area contributed by atoms with Crippen LogP contribution in [0.5, 0.6) is 0 Å². The van der Waals surface area contributed by atoms with Crippen LogP contribution in [0.4, 0.5) is 4.79 Å². The predicted octanol–water partition coefficient (Wildman–Crippen LogP) is 1.17. The molecule has 7 heteroatoms. The molecule has 2 amide bonds. The predicted molar refractivity (Wildman–Crippen MR) is 75.8 cm³/mol. The molecule has 0 aliphatic carbocycles. The number of carbonyl (C=O) groups excluding carboxylic acids is 2. The fourth-order valence-corrected chi connectivity index (χ4v) is 2.20. The van der Waals surface area contributed by atoms with Crippen LogP contribution in [0.3, 0.4) is 0 Å². The van der Waals surface area contributed by atoms with E-state index in [9.17, 15) is 14.4 Å². The summed E-state index contributed by atoms with van der Waals surface area (Å²) in [5.41, 5.74) is -0.639. The summed E-state index contributed by atoms with van der Waals surface area (Å²) in [6, 6.07) is -0.253. The van der Waals surface area contributed by atoms with Crippen LogP contribution in [0.2, 0.25) is 0 Å². The minimum atomic E-state index is -1.06. The number of carboxylic acid groups (broad SMARTS) is 1. The lowest BCUT2D eigenvalue weighted by atomic mass is 9.99. The van der Waals surface area contributed by atoms with Gasteiger partial charge in [0, 0.05) is 6.54 Å². The number of carboxylic acids is 1. The topological polar surface area (TPSA) is 87.2 Å². The van der Waals surface area contributed by atoms with E-state index in [1.807, 2.05) is 13.8 Å². The van der Waals surface area contributed by atoms with Gasteiger partial charge in [0.25, 0.3) is 0 Å². The van der Waals surface area contributed by atoms with Crippen molar-refractivity contribution < 1.29 is 24.2 Å². The van der Waals surface area contributed by atoms with Gasteiger partial charge in [0.2, 0.25) is 5.91 Å². The van der Waals surface area contributed by atoms with Gasteiger partial charge in [-0.25, -0.2) is 4.79 Å². The molecular weight excluding hydrogens is 276 g/mol. The summed E-state index contributed by atoms with van der Waals surface area (Å²) in [6.45, 7) is 8.86. The summed E-state index contributed by atoms with van der Waals surface area (Å²) < 4.78 is 5.32. The fourth-order valence-electron chi connectivity index (χ4n) is 2.20. The van der Waals surface area contributed by atoms with Crippen LogP contribution >= 0.6 is 0 Å². The molecule has 0 bridgehead atoms. The third-order valence-corrected chi connectivity index (χ3v) is 3.19. The summed E-state index contributed by atoms with van der Waals surface area (Å²) in [6.07, 6.45) is -0.537. The van der Waals surface area contributed by atoms with Crippen molar-refractivity contribution in [1.29, 1.82) is 0 Å². The number of hydrogen-bond donors (Lipinski definition) is 1. The molecule has 1 rings (SSSR count). The Balaban J connectivity index is 2.87. The third-order valence-electron chi connectivity index (χ3n) is 3.19. The van der Waals surface area contributed by atoms with Crippen molar-refractivity contribution in [3.63, 3.8) is 0 Å². The largest absolute Gasteiger partial charge is 0.480 e. The van der Waals surface area contributed by atoms with Crippen molar-refractivity contribution in [2.24, 2.45) is 5.92 Å². The summed E-state index contributed by atoms with van der Waals surface area (Å²) in [4.78, 5) is 37.7. The van der Waals surface area contributed by atoms with Crippen LogP contribution in [0.25, 0.3) is 0 Å². The lowest BCUT2D eigenvalue weighted by Gasteiger charge is -2.42. The number of carbonyl (C=O) groups is 3. The summed E-state index contributed by atoms with van der Waals surface area (Å²) >= 11 is 0. The number of rotatable bonds is 3. The number of ether oxygens (including phenoxy) is 1. The Bertz CT molecular complexity index is 428. The van der Waals surface area contributed by atoms with E-state index in [0.717, 1.165) is 0 Å². The zero-order chi connectivity index (χ0) is 16.4. The first-order valence-corrected chi connectivity index (χ1v) is 7.00. The van der Waals surface area contributed by atoms with Crippen molar-refractivity contribution in [1.82, 2.24) is 9.80 Å². The molecule has 1 N–H and O–H groups in total. The van der Waals surface area contributed by atoms with Crippen LogP contribution in [0.1, 0.15) is 34.6 Å². The highest BCUT2D eigenvalue weighted by molar-refractivity contribution is 5.86. The molecule has 0 spiro atoms. The molecule has 1 atom stereocenters. The molecule has 0 aromatic heterocycles. The molecule has 7 nitrogen and oxygen atoms in total. The van der Waals surface area contributed by atoms with Gasteiger partial charge in [0.1, 0.15) is 18.7 Å². The third kappa shape index (κ3) is 4.91. The van der Waals surface area contributed by atoms with E-state index in [0.29, 0.717) is 0 Å². The molecule has 0 saturated carbocycles. The van der Waals surface area contributed by atoms with Gasteiger partial charge in [-0.3, -0.25) is 14.5 Å². The second-order valence-corrected chi connectivity index (χ2v) is 6.59. The molecule has 21 heavy (non-hydrogen) atoms. The Morgan fingerprint density at radius 2 is 1.95 bits per heavy atom. The van der Waals surface area contributed by atoms with Crippen LogP contribution in [0, 0.1) is 5.92 Å². The average molecular weight is 300 g/mol. The highest BCUT2D eigenvalue weighted by Gasteiger charge is 2.39. The van der Waals surface area contributed by atoms with E-state index in [-0.39, 0.29) is 37.5 Å². The van der Waals surface area contributed by atoms with Gasteiger partial charge in [-0.15, -0.1) is 0 Å². The minimum Gasteiger partial charge on any atom is -0.480 e. The summed E-state index contributed by atoms with van der Waals surface area (Å²) in [7, 11) is 0. The number of aliphatic carboxylic acids is 1. The average Bonchev–Trinajstić information content (AvgIpc) is 2.27. The minimum absolute atomic E-state index is 0.0851. The molecule has 0 radical (unpaired) electrons. The number of hydrogen-bond acceptors (Lipinski definition) is 4. The smallest absolute Gasteiger partial charge is 0.411 e. The lowest BCUT2D eigenvalue weighted by Crippen LogP contribution is -2.60. The first-order valence-electron chi connectivity index (χ1n) is 7.00.